The normalized spacial score (nSPS) is 10.2. The Kier molecular flexibility index (Phi) is 3.97. The van der Waals surface area contributed by atoms with E-state index in [0.29, 0.717) is 12.4 Å². The molecule has 0 radical (unpaired) electrons. The summed E-state index contributed by atoms with van der Waals surface area (Å²) in [4.78, 5) is 14.2. The van der Waals surface area contributed by atoms with Gasteiger partial charge in [0.25, 0.3) is 5.69 Å². The first-order valence-corrected chi connectivity index (χ1v) is 6.04. The van der Waals surface area contributed by atoms with Gasteiger partial charge in [-0.1, -0.05) is 41.4 Å². The van der Waals surface area contributed by atoms with E-state index in [0.717, 1.165) is 11.1 Å². The van der Waals surface area contributed by atoms with E-state index in [9.17, 15) is 10.1 Å². The predicted octanol–water partition coefficient (Wildman–Crippen LogP) is 3.56. The van der Waals surface area contributed by atoms with Gasteiger partial charge in [0.05, 0.1) is 17.1 Å². The number of nitrogens with one attached hydrogen (secondary N) is 1. The summed E-state index contributed by atoms with van der Waals surface area (Å²) in [5, 5.41) is 13.8. The highest BCUT2D eigenvalue weighted by Crippen LogP contribution is 2.20. The molecule has 1 N–H and O–H groups in total. The van der Waals surface area contributed by atoms with Crippen LogP contribution in [-0.2, 0) is 6.54 Å². The van der Waals surface area contributed by atoms with Crippen LogP contribution in [-0.4, -0.2) is 9.91 Å². The van der Waals surface area contributed by atoms with Gasteiger partial charge in [0, 0.05) is 6.54 Å². The standard InChI is InChI=1S/C13H12ClN3O2/c1-9-3-2-4-10(5-9)8-15-13-7-11(17(18)19)6-12(14)16-13/h2-7H,8H2,1H3,(H,15,16). The van der Waals surface area contributed by atoms with Crippen molar-refractivity contribution in [1.82, 2.24) is 4.98 Å². The molecule has 0 aliphatic rings. The van der Waals surface area contributed by atoms with E-state index < -0.39 is 4.92 Å². The molecule has 0 atom stereocenters. The monoisotopic (exact) mass is 277 g/mol. The van der Waals surface area contributed by atoms with Crippen molar-refractivity contribution in [3.8, 4) is 0 Å². The number of halogens is 1. The van der Waals surface area contributed by atoms with Gasteiger partial charge in [-0.2, -0.15) is 0 Å². The van der Waals surface area contributed by atoms with Gasteiger partial charge in [-0.3, -0.25) is 10.1 Å². The van der Waals surface area contributed by atoms with Gasteiger partial charge in [-0.15, -0.1) is 0 Å². The Morgan fingerprint density at radius 2 is 2.16 bits per heavy atom. The highest BCUT2D eigenvalue weighted by Gasteiger charge is 2.09. The largest absolute Gasteiger partial charge is 0.366 e. The zero-order valence-corrected chi connectivity index (χ0v) is 11.0. The van der Waals surface area contributed by atoms with E-state index in [1.807, 2.05) is 31.2 Å². The average Bonchev–Trinajstić information content (AvgIpc) is 2.36. The highest BCUT2D eigenvalue weighted by atomic mass is 35.5. The number of nitro groups is 1. The van der Waals surface area contributed by atoms with E-state index in [1.165, 1.54) is 12.1 Å². The van der Waals surface area contributed by atoms with Gasteiger partial charge < -0.3 is 5.32 Å². The number of anilines is 1. The highest BCUT2D eigenvalue weighted by molar-refractivity contribution is 6.29. The van der Waals surface area contributed by atoms with Crippen molar-refractivity contribution in [3.05, 3.63) is 62.8 Å². The summed E-state index contributed by atoms with van der Waals surface area (Å²) in [5.74, 6) is 0.390. The third-order valence-electron chi connectivity index (χ3n) is 2.55. The van der Waals surface area contributed by atoms with E-state index in [-0.39, 0.29) is 10.8 Å². The lowest BCUT2D eigenvalue weighted by atomic mass is 10.1. The van der Waals surface area contributed by atoms with Crippen LogP contribution in [0.15, 0.2) is 36.4 Å². The molecule has 0 aliphatic heterocycles. The fourth-order valence-corrected chi connectivity index (χ4v) is 1.90. The van der Waals surface area contributed by atoms with Gasteiger partial charge in [-0.05, 0) is 12.5 Å². The Balaban J connectivity index is 2.13. The first-order valence-electron chi connectivity index (χ1n) is 5.66. The molecule has 1 heterocycles. The summed E-state index contributed by atoms with van der Waals surface area (Å²) >= 11 is 5.75. The predicted molar refractivity (Wildman–Crippen MR) is 74.4 cm³/mol. The van der Waals surface area contributed by atoms with Crippen LogP contribution in [0, 0.1) is 17.0 Å². The van der Waals surface area contributed by atoms with Crippen LogP contribution in [0.4, 0.5) is 11.5 Å². The molecular weight excluding hydrogens is 266 g/mol. The Labute approximate surface area is 115 Å². The fourth-order valence-electron chi connectivity index (χ4n) is 1.69. The molecule has 0 saturated carbocycles. The number of nitrogens with zero attached hydrogens (tertiary/aromatic N) is 2. The number of hydrogen-bond acceptors (Lipinski definition) is 4. The zero-order chi connectivity index (χ0) is 13.8. The number of benzene rings is 1. The molecule has 1 aromatic carbocycles. The van der Waals surface area contributed by atoms with Crippen molar-refractivity contribution < 1.29 is 4.92 Å². The quantitative estimate of drug-likeness (QED) is 0.527. The van der Waals surface area contributed by atoms with Crippen molar-refractivity contribution in [1.29, 1.82) is 0 Å². The summed E-state index contributed by atoms with van der Waals surface area (Å²) in [6.45, 7) is 2.54. The summed E-state index contributed by atoms with van der Waals surface area (Å²) in [6.07, 6.45) is 0. The maximum Gasteiger partial charge on any atom is 0.276 e. The van der Waals surface area contributed by atoms with Crippen LogP contribution in [0.3, 0.4) is 0 Å². The second-order valence-corrected chi connectivity index (χ2v) is 4.52. The second-order valence-electron chi connectivity index (χ2n) is 4.13. The van der Waals surface area contributed by atoms with Crippen LogP contribution < -0.4 is 5.32 Å². The van der Waals surface area contributed by atoms with Gasteiger partial charge in [-0.25, -0.2) is 4.98 Å². The zero-order valence-electron chi connectivity index (χ0n) is 10.3. The molecule has 0 unspecified atom stereocenters. The SMILES string of the molecule is Cc1cccc(CNc2cc([N+](=O)[O-])cc(Cl)n2)c1. The summed E-state index contributed by atoms with van der Waals surface area (Å²) in [5.41, 5.74) is 2.15. The van der Waals surface area contributed by atoms with Crippen molar-refractivity contribution in [3.63, 3.8) is 0 Å². The molecule has 6 heteroatoms. The average molecular weight is 278 g/mol. The number of rotatable bonds is 4. The lowest BCUT2D eigenvalue weighted by Gasteiger charge is -2.06. The molecule has 0 bridgehead atoms. The first kappa shape index (κ1) is 13.3. The minimum Gasteiger partial charge on any atom is -0.366 e. The van der Waals surface area contributed by atoms with E-state index in [4.69, 9.17) is 11.6 Å². The smallest absolute Gasteiger partial charge is 0.276 e. The number of aryl methyl sites for hydroxylation is 1. The lowest BCUT2D eigenvalue weighted by molar-refractivity contribution is -0.384. The molecular formula is C13H12ClN3O2. The topological polar surface area (TPSA) is 68.1 Å². The van der Waals surface area contributed by atoms with Crippen LogP contribution >= 0.6 is 11.6 Å². The van der Waals surface area contributed by atoms with Crippen molar-refractivity contribution in [2.75, 3.05) is 5.32 Å². The molecule has 0 spiro atoms. The third-order valence-corrected chi connectivity index (χ3v) is 2.74. The van der Waals surface area contributed by atoms with Gasteiger partial charge in [0.1, 0.15) is 11.0 Å². The minimum absolute atomic E-state index is 0.0771. The molecule has 0 fully saturated rings. The minimum atomic E-state index is -0.495. The van der Waals surface area contributed by atoms with Crippen LogP contribution in [0.1, 0.15) is 11.1 Å². The second kappa shape index (κ2) is 5.67. The van der Waals surface area contributed by atoms with Gasteiger partial charge >= 0.3 is 0 Å². The number of hydrogen-bond donors (Lipinski definition) is 1. The Hall–Kier alpha value is -2.14. The van der Waals surface area contributed by atoms with Gasteiger partial charge in [0.2, 0.25) is 0 Å². The molecule has 0 aliphatic carbocycles. The molecule has 98 valence electrons. The van der Waals surface area contributed by atoms with Crippen molar-refractivity contribution in [2.24, 2.45) is 0 Å². The van der Waals surface area contributed by atoms with Crippen LogP contribution in [0.25, 0.3) is 0 Å². The Morgan fingerprint density at radius 1 is 1.37 bits per heavy atom. The summed E-state index contributed by atoms with van der Waals surface area (Å²) in [7, 11) is 0. The molecule has 19 heavy (non-hydrogen) atoms. The van der Waals surface area contributed by atoms with Crippen molar-refractivity contribution in [2.45, 2.75) is 13.5 Å². The summed E-state index contributed by atoms with van der Waals surface area (Å²) in [6, 6.07) is 10.6. The molecule has 0 saturated heterocycles. The molecule has 1 aromatic heterocycles. The van der Waals surface area contributed by atoms with Gasteiger partial charge in [0.15, 0.2) is 0 Å². The van der Waals surface area contributed by atoms with E-state index in [2.05, 4.69) is 10.3 Å². The van der Waals surface area contributed by atoms with E-state index in [1.54, 1.807) is 0 Å². The first-order chi connectivity index (χ1) is 9.04. The Bertz CT molecular complexity index is 617. The molecule has 0 amide bonds. The Morgan fingerprint density at radius 3 is 2.84 bits per heavy atom. The van der Waals surface area contributed by atoms with Crippen LogP contribution in [0.2, 0.25) is 5.15 Å². The molecule has 2 aromatic rings. The lowest BCUT2D eigenvalue weighted by Crippen LogP contribution is -2.02. The molecule has 5 nitrogen and oxygen atoms in total. The summed E-state index contributed by atoms with van der Waals surface area (Å²) < 4.78 is 0. The molecule has 2 rings (SSSR count). The third kappa shape index (κ3) is 3.66. The van der Waals surface area contributed by atoms with Crippen LogP contribution in [0.5, 0.6) is 0 Å². The number of aromatic nitrogens is 1. The maximum atomic E-state index is 10.7. The maximum absolute atomic E-state index is 10.7. The fraction of sp³-hybridized carbons (Fsp3) is 0.154. The number of pyridine rings is 1. The van der Waals surface area contributed by atoms with E-state index >= 15 is 0 Å². The van der Waals surface area contributed by atoms with Crippen molar-refractivity contribution >= 4 is 23.1 Å².